The van der Waals surface area contributed by atoms with Crippen molar-refractivity contribution in [3.8, 4) is 5.75 Å². The number of hydrogen-bond donors (Lipinski definition) is 1. The Bertz CT molecular complexity index is 753. The highest BCUT2D eigenvalue weighted by Gasteiger charge is 2.21. The van der Waals surface area contributed by atoms with E-state index in [9.17, 15) is 4.79 Å². The smallest absolute Gasteiger partial charge is 0.236 e. The lowest BCUT2D eigenvalue weighted by Crippen LogP contribution is -2.52. The third-order valence-electron chi connectivity index (χ3n) is 4.93. The van der Waals surface area contributed by atoms with Gasteiger partial charge in [0.15, 0.2) is 0 Å². The number of rotatable bonds is 5. The molecule has 1 heterocycles. The second kappa shape index (κ2) is 9.21. The predicted octanol–water partition coefficient (Wildman–Crippen LogP) is 2.52. The van der Waals surface area contributed by atoms with Crippen molar-refractivity contribution in [3.05, 3.63) is 42.0 Å². The van der Waals surface area contributed by atoms with Crippen molar-refractivity contribution < 1.29 is 9.53 Å². The van der Waals surface area contributed by atoms with Crippen molar-refractivity contribution in [2.24, 2.45) is 0 Å². The van der Waals surface area contributed by atoms with Gasteiger partial charge in [-0.15, -0.1) is 12.4 Å². The summed E-state index contributed by atoms with van der Waals surface area (Å²) in [5.41, 5.74) is 1.14. The maximum Gasteiger partial charge on any atom is 0.236 e. The predicted molar refractivity (Wildman–Crippen MR) is 108 cm³/mol. The van der Waals surface area contributed by atoms with Crippen molar-refractivity contribution in [2.75, 3.05) is 40.3 Å². The standard InChI is InChI=1S/C20H27N3O2.ClH/c1-15-12-21-8-9-23(15)14-20(24)22(2)13-16-4-5-18-11-19(25-3)7-6-17(18)10-16;/h4-7,10-11,15,21H,8-9,12-14H2,1-3H3;1H/t15-;/m0./s1. The number of benzene rings is 2. The highest BCUT2D eigenvalue weighted by molar-refractivity contribution is 5.85. The number of piperazine rings is 1. The van der Waals surface area contributed by atoms with Crippen LogP contribution in [0.15, 0.2) is 36.4 Å². The molecule has 1 N–H and O–H groups in total. The molecule has 0 unspecified atom stereocenters. The van der Waals surface area contributed by atoms with Crippen LogP contribution >= 0.6 is 12.4 Å². The van der Waals surface area contributed by atoms with Gasteiger partial charge in [0.1, 0.15) is 5.75 Å². The van der Waals surface area contributed by atoms with E-state index < -0.39 is 0 Å². The average Bonchev–Trinajstić information content (AvgIpc) is 2.63. The minimum Gasteiger partial charge on any atom is -0.497 e. The van der Waals surface area contributed by atoms with Crippen LogP contribution in [0, 0.1) is 0 Å². The quantitative estimate of drug-likeness (QED) is 0.869. The number of methoxy groups -OCH3 is 1. The van der Waals surface area contributed by atoms with Gasteiger partial charge in [0.05, 0.1) is 13.7 Å². The maximum absolute atomic E-state index is 12.6. The third kappa shape index (κ3) is 4.87. The van der Waals surface area contributed by atoms with E-state index in [4.69, 9.17) is 4.74 Å². The van der Waals surface area contributed by atoms with Crippen LogP contribution in [-0.2, 0) is 11.3 Å². The number of hydrogen-bond acceptors (Lipinski definition) is 4. The molecule has 0 bridgehead atoms. The zero-order chi connectivity index (χ0) is 17.8. The molecular formula is C20H28ClN3O2. The summed E-state index contributed by atoms with van der Waals surface area (Å²) in [5.74, 6) is 1.03. The van der Waals surface area contributed by atoms with E-state index in [1.54, 1.807) is 7.11 Å². The van der Waals surface area contributed by atoms with Crippen LogP contribution in [0.25, 0.3) is 10.8 Å². The normalized spacial score (nSPS) is 17.6. The molecule has 2 aromatic rings. The van der Waals surface area contributed by atoms with Crippen molar-refractivity contribution in [2.45, 2.75) is 19.5 Å². The van der Waals surface area contributed by atoms with E-state index in [0.717, 1.165) is 41.7 Å². The van der Waals surface area contributed by atoms with Gasteiger partial charge >= 0.3 is 0 Å². The second-order valence-electron chi connectivity index (χ2n) is 6.82. The molecule has 142 valence electrons. The summed E-state index contributed by atoms with van der Waals surface area (Å²) in [5, 5.41) is 5.66. The first-order valence-corrected chi connectivity index (χ1v) is 8.82. The largest absolute Gasteiger partial charge is 0.497 e. The molecule has 2 aromatic carbocycles. The Morgan fingerprint density at radius 3 is 2.73 bits per heavy atom. The molecule has 0 radical (unpaired) electrons. The summed E-state index contributed by atoms with van der Waals surface area (Å²) in [4.78, 5) is 16.6. The van der Waals surface area contributed by atoms with Gasteiger partial charge in [-0.25, -0.2) is 0 Å². The summed E-state index contributed by atoms with van der Waals surface area (Å²) in [6, 6.07) is 12.8. The summed E-state index contributed by atoms with van der Waals surface area (Å²) < 4.78 is 5.27. The number of likely N-dealkylation sites (N-methyl/N-ethyl adjacent to an activating group) is 1. The van der Waals surface area contributed by atoms with Crippen molar-refractivity contribution in [1.29, 1.82) is 0 Å². The van der Waals surface area contributed by atoms with Crippen molar-refractivity contribution in [1.82, 2.24) is 15.1 Å². The number of nitrogens with one attached hydrogen (secondary N) is 1. The van der Waals surface area contributed by atoms with Crippen LogP contribution < -0.4 is 10.1 Å². The molecule has 5 nitrogen and oxygen atoms in total. The van der Waals surface area contributed by atoms with Gasteiger partial charge < -0.3 is 15.0 Å². The number of amides is 1. The zero-order valence-electron chi connectivity index (χ0n) is 15.7. The molecule has 0 aromatic heterocycles. The second-order valence-corrected chi connectivity index (χ2v) is 6.82. The highest BCUT2D eigenvalue weighted by Crippen LogP contribution is 2.22. The van der Waals surface area contributed by atoms with E-state index >= 15 is 0 Å². The Morgan fingerprint density at radius 1 is 1.27 bits per heavy atom. The monoisotopic (exact) mass is 377 g/mol. The first-order valence-electron chi connectivity index (χ1n) is 8.82. The molecular weight excluding hydrogens is 350 g/mol. The SMILES string of the molecule is COc1ccc2cc(CN(C)C(=O)CN3CCNC[C@@H]3C)ccc2c1.Cl. The lowest BCUT2D eigenvalue weighted by atomic mass is 10.1. The van der Waals surface area contributed by atoms with Gasteiger partial charge in [-0.1, -0.05) is 18.2 Å². The molecule has 1 saturated heterocycles. The molecule has 3 rings (SSSR count). The van der Waals surface area contributed by atoms with Gasteiger partial charge in [0.25, 0.3) is 0 Å². The van der Waals surface area contributed by atoms with Crippen molar-refractivity contribution >= 4 is 29.1 Å². The topological polar surface area (TPSA) is 44.8 Å². The van der Waals surface area contributed by atoms with Crippen LogP contribution in [-0.4, -0.2) is 62.1 Å². The number of halogens is 1. The molecule has 1 amide bonds. The summed E-state index contributed by atoms with van der Waals surface area (Å²) in [7, 11) is 3.56. The fourth-order valence-corrected chi connectivity index (χ4v) is 3.27. The van der Waals surface area contributed by atoms with E-state index in [0.29, 0.717) is 19.1 Å². The zero-order valence-corrected chi connectivity index (χ0v) is 16.5. The number of carbonyl (C=O) groups is 1. The van der Waals surface area contributed by atoms with E-state index in [2.05, 4.69) is 41.4 Å². The van der Waals surface area contributed by atoms with Crippen LogP contribution in [0.5, 0.6) is 5.75 Å². The van der Waals surface area contributed by atoms with Crippen LogP contribution in [0.2, 0.25) is 0 Å². The molecule has 26 heavy (non-hydrogen) atoms. The third-order valence-corrected chi connectivity index (χ3v) is 4.93. The molecule has 1 aliphatic rings. The lowest BCUT2D eigenvalue weighted by molar-refractivity contribution is -0.132. The fraction of sp³-hybridized carbons (Fsp3) is 0.450. The number of nitrogens with zero attached hydrogens (tertiary/aromatic N) is 2. The Hall–Kier alpha value is -1.82. The van der Waals surface area contributed by atoms with Crippen molar-refractivity contribution in [3.63, 3.8) is 0 Å². The Kier molecular flexibility index (Phi) is 7.26. The van der Waals surface area contributed by atoms with E-state index in [-0.39, 0.29) is 18.3 Å². The molecule has 6 heteroatoms. The highest BCUT2D eigenvalue weighted by atomic mass is 35.5. The lowest BCUT2D eigenvalue weighted by Gasteiger charge is -2.34. The van der Waals surface area contributed by atoms with Gasteiger partial charge in [0, 0.05) is 39.3 Å². The number of fused-ring (bicyclic) bond motifs is 1. The summed E-state index contributed by atoms with van der Waals surface area (Å²) in [6.45, 7) is 6.11. The minimum absolute atomic E-state index is 0. The van der Waals surface area contributed by atoms with Gasteiger partial charge in [-0.3, -0.25) is 9.69 Å². The molecule has 1 atom stereocenters. The number of ether oxygens (including phenoxy) is 1. The van der Waals surface area contributed by atoms with Crippen LogP contribution in [0.4, 0.5) is 0 Å². The first kappa shape index (κ1) is 20.5. The summed E-state index contributed by atoms with van der Waals surface area (Å²) >= 11 is 0. The van der Waals surface area contributed by atoms with E-state index in [1.165, 1.54) is 0 Å². The van der Waals surface area contributed by atoms with Gasteiger partial charge in [0.2, 0.25) is 5.91 Å². The minimum atomic E-state index is 0. The molecule has 0 saturated carbocycles. The molecule has 0 spiro atoms. The Labute approximate surface area is 161 Å². The maximum atomic E-state index is 12.6. The Balaban J connectivity index is 0.00000243. The summed E-state index contributed by atoms with van der Waals surface area (Å²) in [6.07, 6.45) is 0. The molecule has 1 aliphatic heterocycles. The van der Waals surface area contributed by atoms with Gasteiger partial charge in [-0.05, 0) is 41.5 Å². The first-order chi connectivity index (χ1) is 12.1. The fourth-order valence-electron chi connectivity index (χ4n) is 3.27. The molecule has 1 fully saturated rings. The van der Waals surface area contributed by atoms with Crippen LogP contribution in [0.3, 0.4) is 0 Å². The Morgan fingerprint density at radius 2 is 2.00 bits per heavy atom. The van der Waals surface area contributed by atoms with Crippen LogP contribution in [0.1, 0.15) is 12.5 Å². The number of carbonyl (C=O) groups excluding carboxylic acids is 1. The molecule has 0 aliphatic carbocycles. The van der Waals surface area contributed by atoms with Gasteiger partial charge in [-0.2, -0.15) is 0 Å². The average molecular weight is 378 g/mol. The van der Waals surface area contributed by atoms with E-state index in [1.807, 2.05) is 24.1 Å².